The molecule has 2 heterocycles. The second-order valence-corrected chi connectivity index (χ2v) is 6.15. The number of Topliss-reactive ketones (excluding diaryl/α,β-unsaturated/α-hetero) is 2. The Kier molecular flexibility index (Phi) is 6.10. The van der Waals surface area contributed by atoms with Crippen molar-refractivity contribution in [2.45, 2.75) is 27.2 Å². The number of carbonyl (C=O) groups excluding carboxylic acids is 2. The monoisotopic (exact) mass is 321 g/mol. The Morgan fingerprint density at radius 1 is 1.17 bits per heavy atom. The van der Waals surface area contributed by atoms with Gasteiger partial charge >= 0.3 is 0 Å². The number of hydrogen-bond donors (Lipinski definition) is 2. The highest BCUT2D eigenvalue weighted by Crippen LogP contribution is 2.21. The van der Waals surface area contributed by atoms with E-state index in [-0.39, 0.29) is 18.2 Å². The van der Waals surface area contributed by atoms with Crippen LogP contribution in [0.5, 0.6) is 0 Å². The summed E-state index contributed by atoms with van der Waals surface area (Å²) in [5, 5.41) is 8.97. The number of hydrogen-bond acceptors (Lipinski definition) is 5. The maximum atomic E-state index is 12.7. The Bertz CT molecular complexity index is 572. The van der Waals surface area contributed by atoms with E-state index in [1.54, 1.807) is 6.92 Å². The van der Waals surface area contributed by atoms with Crippen molar-refractivity contribution in [1.29, 1.82) is 0 Å². The molecule has 1 fully saturated rings. The first kappa shape index (κ1) is 17.8. The molecule has 0 amide bonds. The van der Waals surface area contributed by atoms with Crippen molar-refractivity contribution >= 4 is 11.6 Å². The smallest absolute Gasteiger partial charge is 0.193 e. The fourth-order valence-corrected chi connectivity index (χ4v) is 3.34. The third kappa shape index (κ3) is 4.07. The molecule has 6 heteroatoms. The van der Waals surface area contributed by atoms with E-state index in [4.69, 9.17) is 5.11 Å². The second kappa shape index (κ2) is 7.86. The van der Waals surface area contributed by atoms with Crippen LogP contribution in [-0.2, 0) is 6.42 Å². The fourth-order valence-electron chi connectivity index (χ4n) is 3.34. The molecule has 0 saturated carbocycles. The zero-order valence-electron chi connectivity index (χ0n) is 14.3. The van der Waals surface area contributed by atoms with Crippen LogP contribution in [0.4, 0.5) is 0 Å². The molecule has 128 valence electrons. The summed E-state index contributed by atoms with van der Waals surface area (Å²) in [5.74, 6) is 0.0559. The van der Waals surface area contributed by atoms with Gasteiger partial charge in [-0.1, -0.05) is 6.92 Å². The standard InChI is InChI=1S/C17H27N3O3/c1-4-14-16(13(3)22)12(2)18-17(14)15(23)11-20-7-5-19(6-8-20)9-10-21/h18,21H,4-11H2,1-3H3. The third-order valence-corrected chi connectivity index (χ3v) is 4.52. The van der Waals surface area contributed by atoms with Crippen LogP contribution in [0.1, 0.15) is 46.0 Å². The van der Waals surface area contributed by atoms with Gasteiger partial charge in [0, 0.05) is 44.0 Å². The lowest BCUT2D eigenvalue weighted by atomic mass is 10.0. The largest absolute Gasteiger partial charge is 0.395 e. The molecule has 6 nitrogen and oxygen atoms in total. The normalized spacial score (nSPS) is 16.7. The summed E-state index contributed by atoms with van der Waals surface area (Å²) in [5.41, 5.74) is 2.89. The molecule has 2 rings (SSSR count). The van der Waals surface area contributed by atoms with Crippen LogP contribution >= 0.6 is 0 Å². The van der Waals surface area contributed by atoms with Crippen LogP contribution in [0.3, 0.4) is 0 Å². The van der Waals surface area contributed by atoms with Gasteiger partial charge in [0.25, 0.3) is 0 Å². The van der Waals surface area contributed by atoms with Gasteiger partial charge in [0.15, 0.2) is 11.6 Å². The number of nitrogens with zero attached hydrogens (tertiary/aromatic N) is 2. The van der Waals surface area contributed by atoms with E-state index in [0.29, 0.717) is 30.8 Å². The Hall–Kier alpha value is -1.50. The van der Waals surface area contributed by atoms with Gasteiger partial charge in [0.05, 0.1) is 18.8 Å². The molecule has 0 radical (unpaired) electrons. The maximum Gasteiger partial charge on any atom is 0.193 e. The minimum absolute atomic E-state index is 0.00673. The summed E-state index contributed by atoms with van der Waals surface area (Å²) >= 11 is 0. The number of β-amino-alcohol motifs (C(OH)–C–C–N with tert-alkyl or cyclic N) is 1. The summed E-state index contributed by atoms with van der Waals surface area (Å²) < 4.78 is 0. The molecule has 2 N–H and O–H groups in total. The van der Waals surface area contributed by atoms with Crippen molar-refractivity contribution in [3.05, 3.63) is 22.5 Å². The maximum absolute atomic E-state index is 12.7. The van der Waals surface area contributed by atoms with Gasteiger partial charge in [0.2, 0.25) is 0 Å². The van der Waals surface area contributed by atoms with Gasteiger partial charge in [-0.15, -0.1) is 0 Å². The van der Waals surface area contributed by atoms with E-state index < -0.39 is 0 Å². The summed E-state index contributed by atoms with van der Waals surface area (Å²) in [6.07, 6.45) is 0.671. The number of aromatic nitrogens is 1. The van der Waals surface area contributed by atoms with E-state index >= 15 is 0 Å². The van der Waals surface area contributed by atoms with Crippen molar-refractivity contribution in [2.24, 2.45) is 0 Å². The number of nitrogens with one attached hydrogen (secondary N) is 1. The first-order valence-electron chi connectivity index (χ1n) is 8.29. The van der Waals surface area contributed by atoms with Crippen LogP contribution in [-0.4, -0.2) is 77.3 Å². The minimum Gasteiger partial charge on any atom is -0.395 e. The highest BCUT2D eigenvalue weighted by atomic mass is 16.3. The molecule has 0 unspecified atom stereocenters. The Labute approximate surface area is 137 Å². The van der Waals surface area contributed by atoms with Gasteiger partial charge < -0.3 is 10.1 Å². The first-order valence-corrected chi connectivity index (χ1v) is 8.29. The molecule has 23 heavy (non-hydrogen) atoms. The van der Waals surface area contributed by atoms with Crippen LogP contribution < -0.4 is 0 Å². The molecular weight excluding hydrogens is 294 g/mol. The molecule has 1 aliphatic heterocycles. The zero-order valence-corrected chi connectivity index (χ0v) is 14.3. The van der Waals surface area contributed by atoms with E-state index in [1.165, 1.54) is 0 Å². The molecule has 1 saturated heterocycles. The topological polar surface area (TPSA) is 76.6 Å². The Balaban J connectivity index is 2.04. The van der Waals surface area contributed by atoms with E-state index in [1.807, 2.05) is 13.8 Å². The summed E-state index contributed by atoms with van der Waals surface area (Å²) in [6.45, 7) is 10.0. The number of piperazine rings is 1. The number of aliphatic hydroxyl groups excluding tert-OH is 1. The van der Waals surface area contributed by atoms with Crippen LogP contribution in [0.15, 0.2) is 0 Å². The molecular formula is C17H27N3O3. The van der Waals surface area contributed by atoms with Crippen LogP contribution in [0.25, 0.3) is 0 Å². The van der Waals surface area contributed by atoms with E-state index in [2.05, 4.69) is 14.8 Å². The lowest BCUT2D eigenvalue weighted by molar-refractivity contribution is 0.0818. The van der Waals surface area contributed by atoms with Crippen LogP contribution in [0.2, 0.25) is 0 Å². The summed E-state index contributed by atoms with van der Waals surface area (Å²) in [7, 11) is 0. The predicted molar refractivity (Wildman–Crippen MR) is 89.2 cm³/mol. The average Bonchev–Trinajstić information content (AvgIpc) is 2.86. The number of aromatic amines is 1. The first-order chi connectivity index (χ1) is 11.0. The molecule has 0 aromatic carbocycles. The zero-order chi connectivity index (χ0) is 17.0. The average molecular weight is 321 g/mol. The van der Waals surface area contributed by atoms with Crippen LogP contribution in [0, 0.1) is 6.92 Å². The SMILES string of the molecule is CCc1c(C(=O)CN2CCN(CCO)CC2)[nH]c(C)c1C(C)=O. The molecule has 0 spiro atoms. The van der Waals surface area contributed by atoms with Gasteiger partial charge in [-0.2, -0.15) is 0 Å². The highest BCUT2D eigenvalue weighted by Gasteiger charge is 2.24. The number of carbonyl (C=O) groups is 2. The molecule has 1 aromatic rings. The van der Waals surface area contributed by atoms with Crippen molar-refractivity contribution in [3.8, 4) is 0 Å². The summed E-state index contributed by atoms with van der Waals surface area (Å²) in [4.78, 5) is 31.9. The van der Waals surface area contributed by atoms with Crippen molar-refractivity contribution in [3.63, 3.8) is 0 Å². The fraction of sp³-hybridized carbons (Fsp3) is 0.647. The second-order valence-electron chi connectivity index (χ2n) is 6.15. The quantitative estimate of drug-likeness (QED) is 0.729. The number of H-pyrrole nitrogens is 1. The Morgan fingerprint density at radius 2 is 1.78 bits per heavy atom. The van der Waals surface area contributed by atoms with E-state index in [0.717, 1.165) is 37.4 Å². The van der Waals surface area contributed by atoms with E-state index in [9.17, 15) is 9.59 Å². The van der Waals surface area contributed by atoms with Crippen molar-refractivity contribution < 1.29 is 14.7 Å². The molecule has 1 aliphatic rings. The number of aliphatic hydroxyl groups is 1. The molecule has 1 aromatic heterocycles. The van der Waals surface area contributed by atoms with Crippen molar-refractivity contribution in [1.82, 2.24) is 14.8 Å². The van der Waals surface area contributed by atoms with Gasteiger partial charge in [0.1, 0.15) is 0 Å². The molecule has 0 bridgehead atoms. The molecule has 0 atom stereocenters. The number of aryl methyl sites for hydroxylation is 1. The van der Waals surface area contributed by atoms with Gasteiger partial charge in [-0.05, 0) is 25.8 Å². The lowest BCUT2D eigenvalue weighted by Gasteiger charge is -2.33. The minimum atomic E-state index is 0.00673. The predicted octanol–water partition coefficient (Wildman–Crippen LogP) is 0.881. The number of rotatable bonds is 7. The van der Waals surface area contributed by atoms with Gasteiger partial charge in [-0.3, -0.25) is 19.4 Å². The van der Waals surface area contributed by atoms with Gasteiger partial charge in [-0.25, -0.2) is 0 Å². The molecule has 0 aliphatic carbocycles. The third-order valence-electron chi connectivity index (χ3n) is 4.52. The highest BCUT2D eigenvalue weighted by molar-refractivity contribution is 6.04. The Morgan fingerprint density at radius 3 is 2.30 bits per heavy atom. The number of ketones is 2. The van der Waals surface area contributed by atoms with Crippen molar-refractivity contribution in [2.75, 3.05) is 45.9 Å². The summed E-state index contributed by atoms with van der Waals surface area (Å²) in [6, 6.07) is 0. The lowest BCUT2D eigenvalue weighted by Crippen LogP contribution is -2.48.